The molecule has 0 amide bonds. The van der Waals surface area contributed by atoms with Crippen LogP contribution >= 0.6 is 0 Å². The SMILES string of the molecule is C[Si](C)(C)N1C=CC=CN1. The highest BCUT2D eigenvalue weighted by molar-refractivity contribution is 6.73. The first-order valence-corrected chi connectivity index (χ1v) is 6.94. The third-order valence-corrected chi connectivity index (χ3v) is 3.10. The Hall–Kier alpha value is -0.703. The van der Waals surface area contributed by atoms with Crippen molar-refractivity contribution in [3.05, 3.63) is 24.6 Å². The van der Waals surface area contributed by atoms with Crippen molar-refractivity contribution in [3.8, 4) is 0 Å². The minimum atomic E-state index is -1.17. The molecule has 0 atom stereocenters. The molecule has 0 aromatic heterocycles. The summed E-state index contributed by atoms with van der Waals surface area (Å²) in [4.78, 5) is 0. The maximum atomic E-state index is 3.19. The minimum Gasteiger partial charge on any atom is -0.324 e. The predicted molar refractivity (Wildman–Crippen MR) is 46.6 cm³/mol. The van der Waals surface area contributed by atoms with Crippen molar-refractivity contribution in [2.45, 2.75) is 19.6 Å². The molecule has 0 unspecified atom stereocenters. The van der Waals surface area contributed by atoms with E-state index in [1.807, 2.05) is 12.3 Å². The Kier molecular flexibility index (Phi) is 1.85. The Labute approximate surface area is 63.3 Å². The standard InChI is InChI=1S/C7H14N2Si/c1-10(2,3)9-7-5-4-6-8-9/h4-8H,1-3H3. The molecule has 0 bridgehead atoms. The maximum absolute atomic E-state index is 3.19. The van der Waals surface area contributed by atoms with Crippen molar-refractivity contribution < 1.29 is 0 Å². The van der Waals surface area contributed by atoms with Crippen LogP contribution in [0.15, 0.2) is 24.6 Å². The number of nitrogens with one attached hydrogen (secondary N) is 1. The molecule has 1 N–H and O–H groups in total. The number of hydrogen-bond acceptors (Lipinski definition) is 2. The number of allylic oxidation sites excluding steroid dienone is 2. The molecular weight excluding hydrogens is 140 g/mol. The monoisotopic (exact) mass is 154 g/mol. The topological polar surface area (TPSA) is 15.3 Å². The van der Waals surface area contributed by atoms with Crippen LogP contribution in [-0.2, 0) is 0 Å². The molecule has 0 radical (unpaired) electrons. The largest absolute Gasteiger partial charge is 0.324 e. The van der Waals surface area contributed by atoms with Crippen molar-refractivity contribution in [2.75, 3.05) is 0 Å². The van der Waals surface area contributed by atoms with Crippen LogP contribution in [0.4, 0.5) is 0 Å². The highest BCUT2D eigenvalue weighted by Gasteiger charge is 2.20. The lowest BCUT2D eigenvalue weighted by Gasteiger charge is -2.33. The molecular formula is C7H14N2Si. The molecule has 1 heterocycles. The van der Waals surface area contributed by atoms with Gasteiger partial charge in [-0.15, -0.1) is 0 Å². The predicted octanol–water partition coefficient (Wildman–Crippen LogP) is 1.67. The van der Waals surface area contributed by atoms with Gasteiger partial charge in [0.05, 0.1) is 0 Å². The fraction of sp³-hybridized carbons (Fsp3) is 0.429. The highest BCUT2D eigenvalue weighted by atomic mass is 28.3. The summed E-state index contributed by atoms with van der Waals surface area (Å²) in [5.74, 6) is 0. The van der Waals surface area contributed by atoms with E-state index in [2.05, 4.69) is 42.0 Å². The smallest absolute Gasteiger partial charge is 0.173 e. The molecule has 1 aliphatic heterocycles. The van der Waals surface area contributed by atoms with Crippen LogP contribution in [0.5, 0.6) is 0 Å². The molecule has 2 nitrogen and oxygen atoms in total. The van der Waals surface area contributed by atoms with Crippen LogP contribution in [-0.4, -0.2) is 12.9 Å². The van der Waals surface area contributed by atoms with E-state index in [1.165, 1.54) is 0 Å². The van der Waals surface area contributed by atoms with Crippen molar-refractivity contribution >= 4 is 8.24 Å². The van der Waals surface area contributed by atoms with E-state index >= 15 is 0 Å². The second-order valence-corrected chi connectivity index (χ2v) is 8.19. The maximum Gasteiger partial charge on any atom is 0.173 e. The van der Waals surface area contributed by atoms with Gasteiger partial charge < -0.3 is 10.1 Å². The molecule has 0 saturated heterocycles. The summed E-state index contributed by atoms with van der Waals surface area (Å²) in [6, 6.07) is 0. The van der Waals surface area contributed by atoms with Gasteiger partial charge in [-0.1, -0.05) is 0 Å². The summed E-state index contributed by atoms with van der Waals surface area (Å²) < 4.78 is 2.20. The zero-order valence-corrected chi connectivity index (χ0v) is 7.76. The van der Waals surface area contributed by atoms with Gasteiger partial charge >= 0.3 is 0 Å². The summed E-state index contributed by atoms with van der Waals surface area (Å²) in [6.45, 7) is 6.89. The lowest BCUT2D eigenvalue weighted by Crippen LogP contribution is -2.49. The third kappa shape index (κ3) is 1.64. The molecule has 1 rings (SSSR count). The Morgan fingerprint density at radius 3 is 2.20 bits per heavy atom. The number of rotatable bonds is 1. The molecule has 1 aliphatic rings. The molecule has 0 spiro atoms. The second-order valence-electron chi connectivity index (χ2n) is 3.37. The summed E-state index contributed by atoms with van der Waals surface area (Å²) in [7, 11) is -1.17. The van der Waals surface area contributed by atoms with Crippen LogP contribution in [0.2, 0.25) is 19.6 Å². The van der Waals surface area contributed by atoms with Crippen LogP contribution in [0, 0.1) is 0 Å². The molecule has 0 fully saturated rings. The van der Waals surface area contributed by atoms with Crippen LogP contribution in [0.1, 0.15) is 0 Å². The molecule has 3 heteroatoms. The first-order valence-electron chi connectivity index (χ1n) is 3.49. The lowest BCUT2D eigenvalue weighted by atomic mass is 10.5. The normalized spacial score (nSPS) is 17.3. The summed E-state index contributed by atoms with van der Waals surface area (Å²) in [5.41, 5.74) is 3.19. The van der Waals surface area contributed by atoms with E-state index in [0.29, 0.717) is 0 Å². The van der Waals surface area contributed by atoms with E-state index in [0.717, 1.165) is 0 Å². The van der Waals surface area contributed by atoms with Crippen LogP contribution in [0.3, 0.4) is 0 Å². The van der Waals surface area contributed by atoms with E-state index < -0.39 is 8.24 Å². The second kappa shape index (κ2) is 2.50. The Morgan fingerprint density at radius 1 is 1.20 bits per heavy atom. The molecule has 0 aromatic rings. The van der Waals surface area contributed by atoms with Gasteiger partial charge in [-0.2, -0.15) is 0 Å². The van der Waals surface area contributed by atoms with Crippen LogP contribution < -0.4 is 5.43 Å². The van der Waals surface area contributed by atoms with Crippen molar-refractivity contribution in [1.29, 1.82) is 0 Å². The van der Waals surface area contributed by atoms with Gasteiger partial charge in [0.2, 0.25) is 0 Å². The fourth-order valence-corrected chi connectivity index (χ4v) is 1.77. The average molecular weight is 154 g/mol. The number of hydrogen-bond donors (Lipinski definition) is 1. The van der Waals surface area contributed by atoms with Gasteiger partial charge in [0.25, 0.3) is 0 Å². The van der Waals surface area contributed by atoms with Gasteiger partial charge in [-0.25, -0.2) is 0 Å². The van der Waals surface area contributed by atoms with Crippen molar-refractivity contribution in [1.82, 2.24) is 10.1 Å². The van der Waals surface area contributed by atoms with Crippen LogP contribution in [0.25, 0.3) is 0 Å². The van der Waals surface area contributed by atoms with E-state index in [-0.39, 0.29) is 0 Å². The third-order valence-electron chi connectivity index (χ3n) is 1.38. The summed E-state index contributed by atoms with van der Waals surface area (Å²) >= 11 is 0. The first kappa shape index (κ1) is 7.40. The Balaban J connectivity index is 2.60. The quantitative estimate of drug-likeness (QED) is 0.578. The van der Waals surface area contributed by atoms with Gasteiger partial charge in [-0.05, 0) is 31.8 Å². The average Bonchev–Trinajstić information content (AvgIpc) is 1.88. The fourth-order valence-electron chi connectivity index (χ4n) is 0.775. The Bertz CT molecular complexity index is 167. The van der Waals surface area contributed by atoms with E-state index in [9.17, 15) is 0 Å². The first-order chi connectivity index (χ1) is 4.61. The van der Waals surface area contributed by atoms with E-state index in [1.54, 1.807) is 0 Å². The van der Waals surface area contributed by atoms with Crippen molar-refractivity contribution in [2.24, 2.45) is 0 Å². The zero-order valence-electron chi connectivity index (χ0n) is 6.76. The molecule has 0 saturated carbocycles. The number of hydrazine groups is 1. The van der Waals surface area contributed by atoms with Gasteiger partial charge in [0.15, 0.2) is 8.24 Å². The minimum absolute atomic E-state index is 1.17. The van der Waals surface area contributed by atoms with E-state index in [4.69, 9.17) is 0 Å². The molecule has 10 heavy (non-hydrogen) atoms. The van der Waals surface area contributed by atoms with Gasteiger partial charge in [0.1, 0.15) is 0 Å². The highest BCUT2D eigenvalue weighted by Crippen LogP contribution is 2.08. The zero-order chi connectivity index (χ0) is 7.61. The summed E-state index contributed by atoms with van der Waals surface area (Å²) in [6.07, 6.45) is 8.09. The molecule has 0 aliphatic carbocycles. The Morgan fingerprint density at radius 2 is 1.90 bits per heavy atom. The number of nitrogens with zero attached hydrogens (tertiary/aromatic N) is 1. The van der Waals surface area contributed by atoms with Gasteiger partial charge in [0, 0.05) is 12.4 Å². The molecule has 56 valence electrons. The van der Waals surface area contributed by atoms with Gasteiger partial charge in [-0.3, -0.25) is 0 Å². The van der Waals surface area contributed by atoms with Crippen molar-refractivity contribution in [3.63, 3.8) is 0 Å². The lowest BCUT2D eigenvalue weighted by molar-refractivity contribution is 0.479. The summed E-state index contributed by atoms with van der Waals surface area (Å²) in [5, 5.41) is 0. The molecule has 0 aromatic carbocycles.